The zero-order valence-corrected chi connectivity index (χ0v) is 9.44. The minimum atomic E-state index is 0.00292. The lowest BCUT2D eigenvalue weighted by atomic mass is 10.1. The van der Waals surface area contributed by atoms with E-state index in [9.17, 15) is 4.79 Å². The number of hydrogen-bond acceptors (Lipinski definition) is 3. The van der Waals surface area contributed by atoms with Crippen molar-refractivity contribution >= 4 is 5.91 Å². The normalized spacial score (nSPS) is 27.7. The molecule has 2 fully saturated rings. The van der Waals surface area contributed by atoms with Crippen molar-refractivity contribution in [3.05, 3.63) is 11.6 Å². The summed E-state index contributed by atoms with van der Waals surface area (Å²) in [5.41, 5.74) is 0. The van der Waals surface area contributed by atoms with Crippen LogP contribution >= 0.6 is 0 Å². The number of fused-ring (bicyclic) bond motifs is 2. The molecule has 5 nitrogen and oxygen atoms in total. The van der Waals surface area contributed by atoms with Gasteiger partial charge in [0, 0.05) is 19.0 Å². The Morgan fingerprint density at radius 3 is 3.00 bits per heavy atom. The van der Waals surface area contributed by atoms with Crippen molar-refractivity contribution in [2.24, 2.45) is 5.92 Å². The van der Waals surface area contributed by atoms with E-state index in [1.54, 1.807) is 0 Å². The van der Waals surface area contributed by atoms with Gasteiger partial charge in [0.1, 0.15) is 5.82 Å². The number of carbonyl (C=O) groups is 1. The number of nitrogens with one attached hydrogen (secondary N) is 1. The van der Waals surface area contributed by atoms with E-state index in [0.29, 0.717) is 11.9 Å². The predicted molar refractivity (Wildman–Crippen MR) is 57.9 cm³/mol. The fourth-order valence-electron chi connectivity index (χ4n) is 2.85. The van der Waals surface area contributed by atoms with E-state index in [1.165, 1.54) is 12.8 Å². The van der Waals surface area contributed by atoms with Gasteiger partial charge >= 0.3 is 0 Å². The Kier molecular flexibility index (Phi) is 2.19. The number of aromatic amines is 1. The van der Waals surface area contributed by atoms with Gasteiger partial charge in [0.25, 0.3) is 5.91 Å². The van der Waals surface area contributed by atoms with E-state index < -0.39 is 0 Å². The van der Waals surface area contributed by atoms with E-state index in [-0.39, 0.29) is 5.91 Å². The first-order chi connectivity index (χ1) is 7.78. The maximum atomic E-state index is 12.1. The van der Waals surface area contributed by atoms with Crippen LogP contribution in [-0.4, -0.2) is 38.6 Å². The summed E-state index contributed by atoms with van der Waals surface area (Å²) in [7, 11) is 0. The van der Waals surface area contributed by atoms with Gasteiger partial charge in [-0.1, -0.05) is 6.92 Å². The van der Waals surface area contributed by atoms with Gasteiger partial charge in [-0.15, -0.1) is 5.10 Å². The molecule has 1 aliphatic carbocycles. The maximum Gasteiger partial charge on any atom is 0.293 e. The molecule has 1 aromatic rings. The number of aromatic nitrogens is 3. The minimum Gasteiger partial charge on any atom is -0.333 e. The van der Waals surface area contributed by atoms with Gasteiger partial charge in [-0.25, -0.2) is 4.98 Å². The summed E-state index contributed by atoms with van der Waals surface area (Å²) >= 11 is 0. The van der Waals surface area contributed by atoms with Crippen LogP contribution in [-0.2, 0) is 6.42 Å². The number of aryl methyl sites for hydroxylation is 1. The van der Waals surface area contributed by atoms with E-state index in [4.69, 9.17) is 0 Å². The average molecular weight is 220 g/mol. The molecule has 2 heterocycles. The van der Waals surface area contributed by atoms with Gasteiger partial charge in [0.05, 0.1) is 0 Å². The Morgan fingerprint density at radius 1 is 1.56 bits per heavy atom. The second-order valence-corrected chi connectivity index (χ2v) is 4.75. The van der Waals surface area contributed by atoms with Crippen LogP contribution in [0.5, 0.6) is 0 Å². The molecule has 5 heteroatoms. The number of hydrogen-bond donors (Lipinski definition) is 1. The molecule has 86 valence electrons. The number of piperidine rings is 1. The first-order valence-electron chi connectivity index (χ1n) is 6.00. The van der Waals surface area contributed by atoms with Crippen LogP contribution in [0.2, 0.25) is 0 Å². The van der Waals surface area contributed by atoms with Crippen molar-refractivity contribution in [1.82, 2.24) is 20.1 Å². The summed E-state index contributed by atoms with van der Waals surface area (Å²) < 4.78 is 0. The van der Waals surface area contributed by atoms with Crippen molar-refractivity contribution in [1.29, 1.82) is 0 Å². The van der Waals surface area contributed by atoms with E-state index in [2.05, 4.69) is 15.2 Å². The van der Waals surface area contributed by atoms with E-state index in [1.807, 2.05) is 11.8 Å². The Labute approximate surface area is 94.2 Å². The highest BCUT2D eigenvalue weighted by Crippen LogP contribution is 2.37. The van der Waals surface area contributed by atoms with E-state index in [0.717, 1.165) is 31.1 Å². The molecule has 1 aliphatic heterocycles. The van der Waals surface area contributed by atoms with Crippen LogP contribution in [0, 0.1) is 5.92 Å². The van der Waals surface area contributed by atoms with Crippen LogP contribution in [0.25, 0.3) is 0 Å². The summed E-state index contributed by atoms with van der Waals surface area (Å²) in [6.45, 7) is 2.89. The molecule has 16 heavy (non-hydrogen) atoms. The monoisotopic (exact) mass is 220 g/mol. The molecule has 0 radical (unpaired) electrons. The average Bonchev–Trinajstić information content (AvgIpc) is 3.03. The summed E-state index contributed by atoms with van der Waals surface area (Å²) in [5.74, 6) is 1.85. The topological polar surface area (TPSA) is 61.9 Å². The molecule has 1 amide bonds. The highest BCUT2D eigenvalue weighted by atomic mass is 16.2. The van der Waals surface area contributed by atoms with Gasteiger partial charge in [0.15, 0.2) is 0 Å². The molecule has 1 saturated heterocycles. The fraction of sp³-hybridized carbons (Fsp3) is 0.727. The van der Waals surface area contributed by atoms with Gasteiger partial charge < -0.3 is 4.90 Å². The van der Waals surface area contributed by atoms with Gasteiger partial charge in [0.2, 0.25) is 5.82 Å². The Hall–Kier alpha value is -1.39. The lowest BCUT2D eigenvalue weighted by Gasteiger charge is -2.25. The highest BCUT2D eigenvalue weighted by molar-refractivity contribution is 5.91. The smallest absolute Gasteiger partial charge is 0.293 e. The summed E-state index contributed by atoms with van der Waals surface area (Å²) in [4.78, 5) is 18.3. The SMILES string of the molecule is CCc1nc(C(=O)N2CC3CCC2C3)n[nH]1. The van der Waals surface area contributed by atoms with Crippen LogP contribution in [0.4, 0.5) is 0 Å². The number of carbonyl (C=O) groups excluding carboxylic acids is 1. The fourth-order valence-corrected chi connectivity index (χ4v) is 2.85. The number of amides is 1. The quantitative estimate of drug-likeness (QED) is 0.808. The summed E-state index contributed by atoms with van der Waals surface area (Å²) in [6.07, 6.45) is 4.40. The van der Waals surface area contributed by atoms with Gasteiger partial charge in [-0.2, -0.15) is 0 Å². The molecule has 2 bridgehead atoms. The first-order valence-corrected chi connectivity index (χ1v) is 6.00. The van der Waals surface area contributed by atoms with Crippen molar-refractivity contribution in [3.63, 3.8) is 0 Å². The molecule has 0 spiro atoms. The number of likely N-dealkylation sites (tertiary alicyclic amines) is 1. The number of nitrogens with zero attached hydrogens (tertiary/aromatic N) is 3. The van der Waals surface area contributed by atoms with Crippen LogP contribution in [0.3, 0.4) is 0 Å². The third-order valence-electron chi connectivity index (χ3n) is 3.73. The van der Waals surface area contributed by atoms with Gasteiger partial charge in [-0.3, -0.25) is 9.89 Å². The van der Waals surface area contributed by atoms with Crippen LogP contribution < -0.4 is 0 Å². The number of rotatable bonds is 2. The van der Waals surface area contributed by atoms with Crippen molar-refractivity contribution < 1.29 is 4.79 Å². The van der Waals surface area contributed by atoms with Crippen LogP contribution in [0.1, 0.15) is 42.6 Å². The maximum absolute atomic E-state index is 12.1. The summed E-state index contributed by atoms with van der Waals surface area (Å²) in [6, 6.07) is 0.445. The minimum absolute atomic E-state index is 0.00292. The molecule has 2 unspecified atom stereocenters. The third-order valence-corrected chi connectivity index (χ3v) is 3.73. The molecule has 1 saturated carbocycles. The molecular formula is C11H16N4O. The first kappa shape index (κ1) is 9.81. The second kappa shape index (κ2) is 3.57. The summed E-state index contributed by atoms with van der Waals surface area (Å²) in [5, 5.41) is 6.78. The molecule has 3 rings (SSSR count). The zero-order valence-electron chi connectivity index (χ0n) is 9.44. The lowest BCUT2D eigenvalue weighted by Crippen LogP contribution is -2.38. The lowest BCUT2D eigenvalue weighted by molar-refractivity contribution is 0.0691. The molecular weight excluding hydrogens is 204 g/mol. The molecule has 2 atom stereocenters. The predicted octanol–water partition coefficient (Wildman–Crippen LogP) is 0.992. The Balaban J connectivity index is 1.77. The van der Waals surface area contributed by atoms with Gasteiger partial charge in [-0.05, 0) is 25.2 Å². The standard InChI is InChI=1S/C11H16N4O/c1-2-9-12-10(14-13-9)11(16)15-6-7-3-4-8(15)5-7/h7-8H,2-6H2,1H3,(H,12,13,14). The van der Waals surface area contributed by atoms with Crippen molar-refractivity contribution in [2.75, 3.05) is 6.54 Å². The van der Waals surface area contributed by atoms with Crippen molar-refractivity contribution in [2.45, 2.75) is 38.6 Å². The van der Waals surface area contributed by atoms with Crippen molar-refractivity contribution in [3.8, 4) is 0 Å². The van der Waals surface area contributed by atoms with E-state index >= 15 is 0 Å². The Bertz CT molecular complexity index is 414. The largest absolute Gasteiger partial charge is 0.333 e. The molecule has 1 aromatic heterocycles. The second-order valence-electron chi connectivity index (χ2n) is 4.75. The number of H-pyrrole nitrogens is 1. The highest BCUT2D eigenvalue weighted by Gasteiger charge is 2.41. The Morgan fingerprint density at radius 2 is 2.44 bits per heavy atom. The van der Waals surface area contributed by atoms with Crippen LogP contribution in [0.15, 0.2) is 0 Å². The molecule has 2 aliphatic rings. The third kappa shape index (κ3) is 1.42. The molecule has 0 aromatic carbocycles. The zero-order chi connectivity index (χ0) is 11.1. The molecule has 1 N–H and O–H groups in total.